The van der Waals surface area contributed by atoms with E-state index in [9.17, 15) is 0 Å². The predicted octanol–water partition coefficient (Wildman–Crippen LogP) is 1.31. The van der Waals surface area contributed by atoms with E-state index in [-0.39, 0.29) is 24.0 Å². The minimum Gasteiger partial charge on any atom is -1.00 e. The summed E-state index contributed by atoms with van der Waals surface area (Å²) in [5, 5.41) is 0. The second kappa shape index (κ2) is 9.37. The molecule has 2 nitrogen and oxygen atoms in total. The Hall–Kier alpha value is -0.580. The zero-order chi connectivity index (χ0) is 13.5. The van der Waals surface area contributed by atoms with Crippen LogP contribution in [0.15, 0.2) is 30.6 Å². The fraction of sp³-hybridized carbons (Fsp3) is 0.588. The Morgan fingerprint density at radius 3 is 2.40 bits per heavy atom. The number of nitrogens with zero attached hydrogens (tertiary/aromatic N) is 2. The van der Waals surface area contributed by atoms with E-state index in [1.54, 1.807) is 0 Å². The van der Waals surface area contributed by atoms with Gasteiger partial charge in [-0.1, -0.05) is 38.8 Å². The monoisotopic (exact) mass is 386 g/mol. The summed E-state index contributed by atoms with van der Waals surface area (Å²) in [5.74, 6) is 0. The molecule has 0 aliphatic heterocycles. The standard InChI is InChI=1S/C17H27N2.HI/c1-3-5-9-13-18-15-19(14-10-6-4-2)17-12-8-7-11-16(17)18;/h7-8,11-12,15H,3-6,9-10,13-14H2,1-2H3;1H/q+1;/p-1. The fourth-order valence-corrected chi connectivity index (χ4v) is 2.66. The van der Waals surface area contributed by atoms with Crippen LogP contribution in [0.5, 0.6) is 0 Å². The van der Waals surface area contributed by atoms with Crippen molar-refractivity contribution in [2.24, 2.45) is 0 Å². The van der Waals surface area contributed by atoms with Crippen LogP contribution in [0.2, 0.25) is 0 Å². The summed E-state index contributed by atoms with van der Waals surface area (Å²) in [4.78, 5) is 0. The summed E-state index contributed by atoms with van der Waals surface area (Å²) in [6.45, 7) is 6.82. The molecule has 0 saturated heterocycles. The van der Waals surface area contributed by atoms with Gasteiger partial charge in [0.1, 0.15) is 0 Å². The van der Waals surface area contributed by atoms with Crippen LogP contribution in [0, 0.1) is 0 Å². The lowest BCUT2D eigenvalue weighted by molar-refractivity contribution is -0.672. The topological polar surface area (TPSA) is 8.81 Å². The molecule has 2 aromatic rings. The first kappa shape index (κ1) is 17.5. The van der Waals surface area contributed by atoms with Gasteiger partial charge in [-0.05, 0) is 37.8 Å². The number of hydrogen-bond acceptors (Lipinski definition) is 0. The number of hydrogen-bond donors (Lipinski definition) is 0. The molecule has 0 aliphatic rings. The summed E-state index contributed by atoms with van der Waals surface area (Å²) < 4.78 is 4.86. The molecule has 2 rings (SSSR count). The van der Waals surface area contributed by atoms with Gasteiger partial charge in [0.25, 0.3) is 0 Å². The van der Waals surface area contributed by atoms with Gasteiger partial charge in [0, 0.05) is 0 Å². The van der Waals surface area contributed by atoms with Gasteiger partial charge in [-0.2, -0.15) is 0 Å². The first-order valence-corrected chi connectivity index (χ1v) is 7.84. The number of halogens is 1. The smallest absolute Gasteiger partial charge is 0.244 e. The molecule has 1 heterocycles. The molecule has 20 heavy (non-hydrogen) atoms. The number of benzene rings is 1. The zero-order valence-corrected chi connectivity index (χ0v) is 15.0. The van der Waals surface area contributed by atoms with Crippen molar-refractivity contribution < 1.29 is 28.5 Å². The highest BCUT2D eigenvalue weighted by Gasteiger charge is 2.13. The molecule has 1 aromatic heterocycles. The molecule has 0 aliphatic carbocycles. The van der Waals surface area contributed by atoms with Crippen LogP contribution in [0.3, 0.4) is 0 Å². The van der Waals surface area contributed by atoms with Gasteiger partial charge in [0.2, 0.25) is 6.33 Å². The van der Waals surface area contributed by atoms with Gasteiger partial charge >= 0.3 is 0 Å². The molecule has 0 amide bonds. The summed E-state index contributed by atoms with van der Waals surface area (Å²) in [5.41, 5.74) is 2.77. The summed E-state index contributed by atoms with van der Waals surface area (Å²) in [6.07, 6.45) is 10.1. The lowest BCUT2D eigenvalue weighted by atomic mass is 10.2. The molecule has 0 unspecified atom stereocenters. The van der Waals surface area contributed by atoms with Gasteiger partial charge in [-0.3, -0.25) is 0 Å². The first-order chi connectivity index (χ1) is 9.36. The maximum atomic E-state index is 2.43. The summed E-state index contributed by atoms with van der Waals surface area (Å²) in [6, 6.07) is 8.79. The summed E-state index contributed by atoms with van der Waals surface area (Å²) in [7, 11) is 0. The minimum absolute atomic E-state index is 0. The van der Waals surface area contributed by atoms with Crippen molar-refractivity contribution in [2.75, 3.05) is 0 Å². The maximum Gasteiger partial charge on any atom is 0.244 e. The lowest BCUT2D eigenvalue weighted by Gasteiger charge is -1.96. The molecular formula is C17H27IN2. The fourth-order valence-electron chi connectivity index (χ4n) is 2.66. The molecule has 0 atom stereocenters. The number of fused-ring (bicyclic) bond motifs is 1. The van der Waals surface area contributed by atoms with Crippen LogP contribution < -0.4 is 28.5 Å². The number of imidazole rings is 1. The molecule has 0 radical (unpaired) electrons. The second-order valence-corrected chi connectivity index (χ2v) is 5.41. The average Bonchev–Trinajstić information content (AvgIpc) is 2.79. The van der Waals surface area contributed by atoms with E-state index in [1.165, 1.54) is 49.6 Å². The van der Waals surface area contributed by atoms with Crippen LogP contribution in [-0.2, 0) is 13.1 Å². The quantitative estimate of drug-likeness (QED) is 0.368. The number of aryl methyl sites for hydroxylation is 2. The highest BCUT2D eigenvalue weighted by atomic mass is 127. The molecule has 0 bridgehead atoms. The van der Waals surface area contributed by atoms with Crippen molar-refractivity contribution in [3.05, 3.63) is 30.6 Å². The molecule has 1 aromatic carbocycles. The van der Waals surface area contributed by atoms with Crippen molar-refractivity contribution in [1.82, 2.24) is 4.57 Å². The van der Waals surface area contributed by atoms with E-state index < -0.39 is 0 Å². The van der Waals surface area contributed by atoms with E-state index in [0.717, 1.165) is 13.1 Å². The molecule has 0 spiro atoms. The third kappa shape index (κ3) is 4.47. The van der Waals surface area contributed by atoms with E-state index in [4.69, 9.17) is 0 Å². The van der Waals surface area contributed by atoms with E-state index in [0.29, 0.717) is 0 Å². The SMILES string of the molecule is CCCCCn1c[n+](CCCCC)c2ccccc21.[I-]. The van der Waals surface area contributed by atoms with E-state index >= 15 is 0 Å². The lowest BCUT2D eigenvalue weighted by Crippen LogP contribution is -3.00. The number of rotatable bonds is 8. The molecule has 0 N–H and O–H groups in total. The number of aromatic nitrogens is 2. The zero-order valence-electron chi connectivity index (χ0n) is 12.8. The Balaban J connectivity index is 0.00000200. The predicted molar refractivity (Wildman–Crippen MR) is 81.2 cm³/mol. The van der Waals surface area contributed by atoms with Crippen molar-refractivity contribution in [3.63, 3.8) is 0 Å². The van der Waals surface area contributed by atoms with Crippen molar-refractivity contribution in [1.29, 1.82) is 0 Å². The van der Waals surface area contributed by atoms with Gasteiger partial charge in [0.05, 0.1) is 13.1 Å². The molecule has 0 saturated carbocycles. The van der Waals surface area contributed by atoms with Crippen molar-refractivity contribution >= 4 is 11.0 Å². The largest absolute Gasteiger partial charge is 1.00 e. The van der Waals surface area contributed by atoms with Gasteiger partial charge in [0.15, 0.2) is 11.0 Å². The third-order valence-electron chi connectivity index (χ3n) is 3.78. The first-order valence-electron chi connectivity index (χ1n) is 7.84. The Kier molecular flexibility index (Phi) is 8.19. The summed E-state index contributed by atoms with van der Waals surface area (Å²) >= 11 is 0. The highest BCUT2D eigenvalue weighted by molar-refractivity contribution is 5.71. The Bertz CT molecular complexity index is 461. The molecule has 112 valence electrons. The van der Waals surface area contributed by atoms with Crippen LogP contribution in [-0.4, -0.2) is 4.57 Å². The van der Waals surface area contributed by atoms with E-state index in [1.807, 2.05) is 0 Å². The van der Waals surface area contributed by atoms with Crippen LogP contribution in [0.1, 0.15) is 52.4 Å². The Morgan fingerprint density at radius 1 is 0.950 bits per heavy atom. The molecule has 0 fully saturated rings. The van der Waals surface area contributed by atoms with Gasteiger partial charge in [-0.15, -0.1) is 0 Å². The van der Waals surface area contributed by atoms with Crippen molar-refractivity contribution in [3.8, 4) is 0 Å². The second-order valence-electron chi connectivity index (χ2n) is 5.41. The average molecular weight is 386 g/mol. The maximum absolute atomic E-state index is 2.43. The van der Waals surface area contributed by atoms with Crippen molar-refractivity contribution in [2.45, 2.75) is 65.5 Å². The van der Waals surface area contributed by atoms with E-state index in [2.05, 4.69) is 53.6 Å². The highest BCUT2D eigenvalue weighted by Crippen LogP contribution is 2.12. The molecular weight excluding hydrogens is 359 g/mol. The van der Waals surface area contributed by atoms with Crippen LogP contribution in [0.25, 0.3) is 11.0 Å². The molecule has 3 heteroatoms. The minimum atomic E-state index is 0. The number of unbranched alkanes of at least 4 members (excludes halogenated alkanes) is 4. The normalized spacial score (nSPS) is 10.7. The Labute approximate surface area is 140 Å². The number of para-hydroxylation sites is 2. The third-order valence-corrected chi connectivity index (χ3v) is 3.78. The van der Waals surface area contributed by atoms with Crippen LogP contribution >= 0.6 is 0 Å². The van der Waals surface area contributed by atoms with Gasteiger partial charge < -0.3 is 24.0 Å². The van der Waals surface area contributed by atoms with Crippen LogP contribution in [0.4, 0.5) is 0 Å². The Morgan fingerprint density at radius 2 is 1.65 bits per heavy atom. The van der Waals surface area contributed by atoms with Gasteiger partial charge in [-0.25, -0.2) is 9.13 Å².